The van der Waals surface area contributed by atoms with Crippen molar-refractivity contribution in [2.24, 2.45) is 5.10 Å². The molecule has 0 aliphatic rings. The number of hydrazone groups is 1. The standard InChI is InChI=1S/C19H20N6OS/c1-14(16-10-6-3-7-11-16)21-17(26)13-27-19-22-18(24-25-19)23-20-12-15-8-4-2-5-9-15/h2-12,14H,13H2,1H3,(H,21,26)(H2,22,23,24,25)/b20-12-/t14-/m0/s1. The summed E-state index contributed by atoms with van der Waals surface area (Å²) in [5.74, 6) is 0.586. The van der Waals surface area contributed by atoms with E-state index in [1.54, 1.807) is 6.21 Å². The number of aromatic nitrogens is 3. The van der Waals surface area contributed by atoms with Crippen LogP contribution in [0.5, 0.6) is 0 Å². The van der Waals surface area contributed by atoms with Crippen LogP contribution in [0.3, 0.4) is 0 Å². The third-order valence-corrected chi connectivity index (χ3v) is 4.51. The quantitative estimate of drug-likeness (QED) is 0.317. The molecule has 0 spiro atoms. The topological polar surface area (TPSA) is 95.1 Å². The number of carbonyl (C=O) groups is 1. The monoisotopic (exact) mass is 380 g/mol. The van der Waals surface area contributed by atoms with Crippen molar-refractivity contribution in [3.8, 4) is 0 Å². The molecule has 138 valence electrons. The first kappa shape index (κ1) is 18.7. The van der Waals surface area contributed by atoms with E-state index in [-0.39, 0.29) is 17.7 Å². The minimum atomic E-state index is -0.0715. The number of hydrogen-bond donors (Lipinski definition) is 3. The minimum Gasteiger partial charge on any atom is -0.349 e. The van der Waals surface area contributed by atoms with Crippen molar-refractivity contribution in [2.75, 3.05) is 11.2 Å². The average molecular weight is 380 g/mol. The number of amides is 1. The Kier molecular flexibility index (Phi) is 6.59. The van der Waals surface area contributed by atoms with Crippen LogP contribution in [0.2, 0.25) is 0 Å². The molecule has 8 heteroatoms. The van der Waals surface area contributed by atoms with Gasteiger partial charge in [-0.25, -0.2) is 10.5 Å². The van der Waals surface area contributed by atoms with E-state index in [4.69, 9.17) is 0 Å². The van der Waals surface area contributed by atoms with Crippen LogP contribution < -0.4 is 10.7 Å². The molecule has 1 aromatic heterocycles. The van der Waals surface area contributed by atoms with Gasteiger partial charge in [-0.2, -0.15) is 10.1 Å². The Balaban J connectivity index is 1.44. The van der Waals surface area contributed by atoms with Gasteiger partial charge in [-0.3, -0.25) is 4.79 Å². The van der Waals surface area contributed by atoms with E-state index in [9.17, 15) is 4.79 Å². The van der Waals surface area contributed by atoms with Gasteiger partial charge in [0.15, 0.2) is 0 Å². The number of hydrogen-bond acceptors (Lipinski definition) is 6. The molecule has 0 radical (unpaired) electrons. The summed E-state index contributed by atoms with van der Waals surface area (Å²) in [4.78, 5) is 16.3. The molecular weight excluding hydrogens is 360 g/mol. The van der Waals surface area contributed by atoms with Gasteiger partial charge in [0.05, 0.1) is 18.0 Å². The third-order valence-electron chi connectivity index (χ3n) is 3.66. The Morgan fingerprint density at radius 3 is 2.63 bits per heavy atom. The maximum atomic E-state index is 12.1. The molecule has 1 atom stereocenters. The maximum absolute atomic E-state index is 12.1. The van der Waals surface area contributed by atoms with Crippen molar-refractivity contribution in [1.82, 2.24) is 20.5 Å². The first-order chi connectivity index (χ1) is 13.2. The Morgan fingerprint density at radius 2 is 1.89 bits per heavy atom. The zero-order valence-electron chi connectivity index (χ0n) is 14.8. The molecule has 1 amide bonds. The highest BCUT2D eigenvalue weighted by Crippen LogP contribution is 2.15. The van der Waals surface area contributed by atoms with Crippen molar-refractivity contribution in [1.29, 1.82) is 0 Å². The molecule has 3 rings (SSSR count). The fourth-order valence-electron chi connectivity index (χ4n) is 2.31. The number of thioether (sulfide) groups is 1. The van der Waals surface area contributed by atoms with Crippen molar-refractivity contribution < 1.29 is 4.79 Å². The lowest BCUT2D eigenvalue weighted by Crippen LogP contribution is -2.28. The van der Waals surface area contributed by atoms with E-state index in [0.29, 0.717) is 11.1 Å². The van der Waals surface area contributed by atoms with Crippen LogP contribution in [0.1, 0.15) is 24.1 Å². The summed E-state index contributed by atoms with van der Waals surface area (Å²) >= 11 is 1.26. The van der Waals surface area contributed by atoms with Crippen LogP contribution in [0, 0.1) is 0 Å². The molecule has 0 unspecified atom stereocenters. The van der Waals surface area contributed by atoms with Crippen LogP contribution in [-0.2, 0) is 4.79 Å². The number of aromatic amines is 1. The first-order valence-electron chi connectivity index (χ1n) is 8.44. The lowest BCUT2D eigenvalue weighted by atomic mass is 10.1. The number of nitrogens with one attached hydrogen (secondary N) is 3. The lowest BCUT2D eigenvalue weighted by molar-refractivity contribution is -0.119. The van der Waals surface area contributed by atoms with Gasteiger partial charge >= 0.3 is 0 Å². The third kappa shape index (κ3) is 5.96. The van der Waals surface area contributed by atoms with Gasteiger partial charge in [0.2, 0.25) is 17.0 Å². The molecule has 0 aliphatic carbocycles. The number of H-pyrrole nitrogens is 1. The lowest BCUT2D eigenvalue weighted by Gasteiger charge is -2.13. The van der Waals surface area contributed by atoms with Gasteiger partial charge in [0, 0.05) is 0 Å². The van der Waals surface area contributed by atoms with Gasteiger partial charge in [-0.15, -0.1) is 5.10 Å². The summed E-state index contributed by atoms with van der Waals surface area (Å²) in [6.45, 7) is 1.96. The van der Waals surface area contributed by atoms with Crippen LogP contribution in [0.25, 0.3) is 0 Å². The summed E-state index contributed by atoms with van der Waals surface area (Å²) in [6.07, 6.45) is 1.69. The molecule has 7 nitrogen and oxygen atoms in total. The molecule has 0 fully saturated rings. The Labute approximate surface area is 161 Å². The highest BCUT2D eigenvalue weighted by atomic mass is 32.2. The molecule has 0 saturated carbocycles. The van der Waals surface area contributed by atoms with E-state index < -0.39 is 0 Å². The van der Waals surface area contributed by atoms with E-state index in [1.165, 1.54) is 11.8 Å². The van der Waals surface area contributed by atoms with Crippen molar-refractivity contribution in [3.63, 3.8) is 0 Å². The largest absolute Gasteiger partial charge is 0.349 e. The summed E-state index contributed by atoms with van der Waals surface area (Å²) < 4.78 is 0. The molecule has 3 N–H and O–H groups in total. The molecular formula is C19H20N6OS. The number of anilines is 1. The van der Waals surface area contributed by atoms with Crippen LogP contribution in [-0.4, -0.2) is 33.1 Å². The SMILES string of the molecule is C[C@H](NC(=O)CSc1n[nH]c(N/N=C\c2ccccc2)n1)c1ccccc1. The molecule has 27 heavy (non-hydrogen) atoms. The zero-order valence-corrected chi connectivity index (χ0v) is 15.6. The maximum Gasteiger partial charge on any atom is 0.240 e. The number of nitrogens with zero attached hydrogens (tertiary/aromatic N) is 3. The van der Waals surface area contributed by atoms with Crippen molar-refractivity contribution in [2.45, 2.75) is 18.1 Å². The molecule has 0 saturated heterocycles. The fourth-order valence-corrected chi connectivity index (χ4v) is 2.92. The molecule has 1 heterocycles. The van der Waals surface area contributed by atoms with Crippen LogP contribution in [0.4, 0.5) is 5.95 Å². The zero-order chi connectivity index (χ0) is 18.9. The predicted octanol–water partition coefficient (Wildman–Crippen LogP) is 3.22. The van der Waals surface area contributed by atoms with E-state index >= 15 is 0 Å². The number of benzene rings is 2. The minimum absolute atomic E-state index is 0.0454. The summed E-state index contributed by atoms with van der Waals surface area (Å²) in [5.41, 5.74) is 4.82. The van der Waals surface area contributed by atoms with E-state index in [0.717, 1.165) is 11.1 Å². The van der Waals surface area contributed by atoms with Gasteiger partial charge < -0.3 is 5.32 Å². The summed E-state index contributed by atoms with van der Waals surface area (Å²) in [5, 5.41) is 14.3. The number of rotatable bonds is 8. The molecule has 0 aliphatic heterocycles. The molecule has 3 aromatic rings. The van der Waals surface area contributed by atoms with Gasteiger partial charge in [0.1, 0.15) is 0 Å². The van der Waals surface area contributed by atoms with E-state index in [1.807, 2.05) is 67.6 Å². The Morgan fingerprint density at radius 1 is 1.19 bits per heavy atom. The Hall–Kier alpha value is -3.13. The molecule has 2 aromatic carbocycles. The summed E-state index contributed by atoms with van der Waals surface area (Å²) in [7, 11) is 0. The smallest absolute Gasteiger partial charge is 0.240 e. The van der Waals surface area contributed by atoms with Gasteiger partial charge in [-0.05, 0) is 18.1 Å². The second kappa shape index (κ2) is 9.54. The highest BCUT2D eigenvalue weighted by Gasteiger charge is 2.11. The second-order valence-corrected chi connectivity index (χ2v) is 6.68. The predicted molar refractivity (Wildman–Crippen MR) is 108 cm³/mol. The summed E-state index contributed by atoms with van der Waals surface area (Å²) in [6, 6.07) is 19.5. The first-order valence-corrected chi connectivity index (χ1v) is 9.43. The number of carbonyl (C=O) groups excluding carboxylic acids is 1. The highest BCUT2D eigenvalue weighted by molar-refractivity contribution is 7.99. The second-order valence-electron chi connectivity index (χ2n) is 5.74. The van der Waals surface area contributed by atoms with Crippen molar-refractivity contribution >= 4 is 29.8 Å². The average Bonchev–Trinajstić information content (AvgIpc) is 3.16. The van der Waals surface area contributed by atoms with Crippen molar-refractivity contribution in [3.05, 3.63) is 71.8 Å². The van der Waals surface area contributed by atoms with Gasteiger partial charge in [-0.1, -0.05) is 72.4 Å². The van der Waals surface area contributed by atoms with E-state index in [2.05, 4.69) is 31.0 Å². The Bertz CT molecular complexity index is 881. The molecule has 0 bridgehead atoms. The van der Waals surface area contributed by atoms with Crippen LogP contribution >= 0.6 is 11.8 Å². The normalized spacial score (nSPS) is 12.0. The van der Waals surface area contributed by atoms with Gasteiger partial charge in [0.25, 0.3) is 0 Å². The fraction of sp³-hybridized carbons (Fsp3) is 0.158. The van der Waals surface area contributed by atoms with Crippen LogP contribution in [0.15, 0.2) is 70.9 Å².